The van der Waals surface area contributed by atoms with Gasteiger partial charge >= 0.3 is 0 Å². The van der Waals surface area contributed by atoms with Gasteiger partial charge in [0.05, 0.1) is 6.17 Å². The number of hydrogen-bond acceptors (Lipinski definition) is 4. The summed E-state index contributed by atoms with van der Waals surface area (Å²) < 4.78 is 0. The molecule has 1 aliphatic carbocycles. The molecule has 4 heteroatoms. The van der Waals surface area contributed by atoms with Crippen LogP contribution in [0.2, 0.25) is 0 Å². The Balaban J connectivity index is 1.53. The summed E-state index contributed by atoms with van der Waals surface area (Å²) in [4.78, 5) is 2.99. The summed E-state index contributed by atoms with van der Waals surface area (Å²) in [5, 5.41) is 9.60. The van der Waals surface area contributed by atoms with Crippen LogP contribution in [-0.4, -0.2) is 52.8 Å². The second-order valence-corrected chi connectivity index (χ2v) is 8.96. The molecule has 112 valence electrons. The first-order chi connectivity index (χ1) is 9.93. The lowest BCUT2D eigenvalue weighted by atomic mass is 9.80. The minimum absolute atomic E-state index is 0.686. The van der Waals surface area contributed by atoms with Crippen LogP contribution >= 0.6 is 11.8 Å². The third-order valence-electron chi connectivity index (χ3n) is 6.55. The zero-order chi connectivity index (χ0) is 13.1. The van der Waals surface area contributed by atoms with Crippen LogP contribution in [0.3, 0.4) is 0 Å². The SMILES string of the molecule is C1CNC2C(C1)SC1CCCC3C4NCCCC4N2C13. The van der Waals surface area contributed by atoms with Gasteiger partial charge in [-0.1, -0.05) is 6.42 Å². The van der Waals surface area contributed by atoms with Gasteiger partial charge in [-0.3, -0.25) is 4.90 Å². The van der Waals surface area contributed by atoms with Crippen molar-refractivity contribution in [1.29, 1.82) is 0 Å². The number of nitrogens with zero attached hydrogens (tertiary/aromatic N) is 1. The number of thioether (sulfide) groups is 1. The molecule has 0 amide bonds. The zero-order valence-electron chi connectivity index (χ0n) is 12.3. The Kier molecular flexibility index (Phi) is 3.10. The fourth-order valence-corrected chi connectivity index (χ4v) is 7.86. The molecule has 20 heavy (non-hydrogen) atoms. The quantitative estimate of drug-likeness (QED) is 0.712. The number of piperidine rings is 2. The van der Waals surface area contributed by atoms with E-state index in [-0.39, 0.29) is 0 Å². The molecule has 4 heterocycles. The van der Waals surface area contributed by atoms with Crippen LogP contribution in [0.1, 0.15) is 44.9 Å². The second-order valence-electron chi connectivity index (χ2n) is 7.48. The summed E-state index contributed by atoms with van der Waals surface area (Å²) in [6.07, 6.45) is 10.8. The molecule has 5 rings (SSSR count). The van der Waals surface area contributed by atoms with Gasteiger partial charge in [0.1, 0.15) is 0 Å². The Morgan fingerprint density at radius 2 is 1.70 bits per heavy atom. The molecule has 7 atom stereocenters. The molecule has 0 aromatic rings. The Hall–Kier alpha value is 0.230. The van der Waals surface area contributed by atoms with Crippen molar-refractivity contribution in [1.82, 2.24) is 15.5 Å². The maximum atomic E-state index is 3.91. The third kappa shape index (κ3) is 1.71. The van der Waals surface area contributed by atoms with Gasteiger partial charge < -0.3 is 10.6 Å². The normalized spacial score (nSPS) is 54.9. The molecule has 3 nitrogen and oxygen atoms in total. The lowest BCUT2D eigenvalue weighted by molar-refractivity contribution is 0.0523. The van der Waals surface area contributed by atoms with Crippen molar-refractivity contribution in [3.8, 4) is 0 Å². The van der Waals surface area contributed by atoms with Crippen LogP contribution in [0, 0.1) is 5.92 Å². The van der Waals surface area contributed by atoms with Crippen LogP contribution < -0.4 is 10.6 Å². The highest BCUT2D eigenvalue weighted by Crippen LogP contribution is 2.52. The van der Waals surface area contributed by atoms with Gasteiger partial charge in [0.25, 0.3) is 0 Å². The van der Waals surface area contributed by atoms with E-state index in [1.807, 2.05) is 0 Å². The topological polar surface area (TPSA) is 27.3 Å². The van der Waals surface area contributed by atoms with E-state index in [4.69, 9.17) is 0 Å². The maximum Gasteiger partial charge on any atom is 0.0725 e. The summed E-state index contributed by atoms with van der Waals surface area (Å²) in [7, 11) is 0. The van der Waals surface area contributed by atoms with Gasteiger partial charge in [-0.2, -0.15) is 11.8 Å². The summed E-state index contributed by atoms with van der Waals surface area (Å²) >= 11 is 2.36. The first kappa shape index (κ1) is 12.7. The fourth-order valence-electron chi connectivity index (χ4n) is 5.91. The summed E-state index contributed by atoms with van der Waals surface area (Å²) in [5.41, 5.74) is 0. The van der Waals surface area contributed by atoms with E-state index in [0.29, 0.717) is 6.17 Å². The Bertz CT molecular complexity index is 390. The summed E-state index contributed by atoms with van der Waals surface area (Å²) in [5.74, 6) is 0.941. The number of fused-ring (bicyclic) bond motifs is 5. The van der Waals surface area contributed by atoms with Crippen LogP contribution in [0.5, 0.6) is 0 Å². The number of rotatable bonds is 0. The lowest BCUT2D eigenvalue weighted by Gasteiger charge is -2.53. The molecule has 2 N–H and O–H groups in total. The highest BCUT2D eigenvalue weighted by molar-refractivity contribution is 8.00. The summed E-state index contributed by atoms with van der Waals surface area (Å²) in [6, 6.07) is 2.51. The van der Waals surface area contributed by atoms with E-state index in [2.05, 4.69) is 27.3 Å². The van der Waals surface area contributed by atoms with E-state index in [1.165, 1.54) is 58.0 Å². The number of hydrogen-bond donors (Lipinski definition) is 2. The van der Waals surface area contributed by atoms with E-state index >= 15 is 0 Å². The molecule has 4 saturated heterocycles. The standard InChI is InChI=1S/C16H27N3S/c1-4-10-14-11(5-2-8-17-14)19-15(10)12(6-1)20-13-7-3-9-18-16(13)19/h10-18H,1-9H2. The van der Waals surface area contributed by atoms with Gasteiger partial charge in [0, 0.05) is 28.6 Å². The molecule has 5 aliphatic rings. The predicted octanol–water partition coefficient (Wildman–Crippen LogP) is 1.78. The molecule has 5 fully saturated rings. The zero-order valence-corrected chi connectivity index (χ0v) is 13.1. The Morgan fingerprint density at radius 3 is 2.70 bits per heavy atom. The molecule has 0 spiro atoms. The minimum atomic E-state index is 0.686. The van der Waals surface area contributed by atoms with Crippen molar-refractivity contribution in [3.05, 3.63) is 0 Å². The van der Waals surface area contributed by atoms with Gasteiger partial charge in [0.15, 0.2) is 0 Å². The largest absolute Gasteiger partial charge is 0.312 e. The van der Waals surface area contributed by atoms with Crippen LogP contribution in [-0.2, 0) is 0 Å². The monoisotopic (exact) mass is 293 g/mol. The highest BCUT2D eigenvalue weighted by atomic mass is 32.2. The van der Waals surface area contributed by atoms with Crippen molar-refractivity contribution in [2.24, 2.45) is 5.92 Å². The second kappa shape index (κ2) is 4.87. The maximum absolute atomic E-state index is 3.91. The fraction of sp³-hybridized carbons (Fsp3) is 1.00. The van der Waals surface area contributed by atoms with E-state index in [9.17, 15) is 0 Å². The molecule has 4 aliphatic heterocycles. The molecule has 0 radical (unpaired) electrons. The van der Waals surface area contributed by atoms with Gasteiger partial charge in [-0.25, -0.2) is 0 Å². The van der Waals surface area contributed by atoms with Crippen LogP contribution in [0.25, 0.3) is 0 Å². The van der Waals surface area contributed by atoms with Crippen LogP contribution in [0.15, 0.2) is 0 Å². The Labute approximate surface area is 126 Å². The van der Waals surface area contributed by atoms with Gasteiger partial charge in [-0.15, -0.1) is 0 Å². The average Bonchev–Trinajstić information content (AvgIpc) is 2.85. The van der Waals surface area contributed by atoms with Crippen LogP contribution in [0.4, 0.5) is 0 Å². The van der Waals surface area contributed by atoms with E-state index in [1.54, 1.807) is 0 Å². The molecular formula is C16H27N3S. The number of nitrogens with one attached hydrogen (secondary N) is 2. The summed E-state index contributed by atoms with van der Waals surface area (Å²) in [6.45, 7) is 2.50. The highest BCUT2D eigenvalue weighted by Gasteiger charge is 2.59. The van der Waals surface area contributed by atoms with Crippen molar-refractivity contribution >= 4 is 11.8 Å². The molecule has 1 saturated carbocycles. The molecular weight excluding hydrogens is 266 g/mol. The Morgan fingerprint density at radius 1 is 0.850 bits per heavy atom. The first-order valence-corrected chi connectivity index (χ1v) is 9.77. The first-order valence-electron chi connectivity index (χ1n) is 8.83. The lowest BCUT2D eigenvalue weighted by Crippen LogP contribution is -2.65. The predicted molar refractivity (Wildman–Crippen MR) is 84.0 cm³/mol. The third-order valence-corrected chi connectivity index (χ3v) is 8.25. The molecule has 0 aromatic heterocycles. The average molecular weight is 293 g/mol. The van der Waals surface area contributed by atoms with E-state index < -0.39 is 0 Å². The van der Waals surface area contributed by atoms with Crippen molar-refractivity contribution in [2.75, 3.05) is 13.1 Å². The van der Waals surface area contributed by atoms with Crippen molar-refractivity contribution < 1.29 is 0 Å². The molecule has 0 aromatic carbocycles. The smallest absolute Gasteiger partial charge is 0.0725 e. The minimum Gasteiger partial charge on any atom is -0.312 e. The van der Waals surface area contributed by atoms with E-state index in [0.717, 1.165) is 34.5 Å². The van der Waals surface area contributed by atoms with Crippen molar-refractivity contribution in [3.63, 3.8) is 0 Å². The molecule has 7 unspecified atom stereocenters. The van der Waals surface area contributed by atoms with Crippen molar-refractivity contribution in [2.45, 2.75) is 79.7 Å². The molecule has 0 bridgehead atoms. The van der Waals surface area contributed by atoms with Gasteiger partial charge in [0.2, 0.25) is 0 Å². The van der Waals surface area contributed by atoms with Gasteiger partial charge in [-0.05, 0) is 57.5 Å².